The quantitative estimate of drug-likeness (QED) is 0.485. The number of nitrogens with zero attached hydrogens (tertiary/aromatic N) is 4. The molecule has 0 aliphatic carbocycles. The molecule has 32 heavy (non-hydrogen) atoms. The van der Waals surface area contributed by atoms with Crippen LogP contribution in [0.2, 0.25) is 0 Å². The molecule has 166 valence electrons. The minimum atomic E-state index is 0.130. The summed E-state index contributed by atoms with van der Waals surface area (Å²) in [6.07, 6.45) is 3.71. The first-order valence-electron chi connectivity index (χ1n) is 11.0. The fraction of sp³-hybridized carbons (Fsp3) is 0.375. The first-order valence-corrected chi connectivity index (χ1v) is 11.8. The second-order valence-electron chi connectivity index (χ2n) is 8.58. The highest BCUT2D eigenvalue weighted by atomic mass is 32.1. The molecule has 2 N–H and O–H groups in total. The first-order chi connectivity index (χ1) is 15.5. The summed E-state index contributed by atoms with van der Waals surface area (Å²) in [5.74, 6) is 1.10. The van der Waals surface area contributed by atoms with E-state index in [1.807, 2.05) is 20.4 Å². The Hall–Kier alpha value is -2.97. The lowest BCUT2D eigenvalue weighted by atomic mass is 9.96. The zero-order chi connectivity index (χ0) is 22.2. The lowest BCUT2D eigenvalue weighted by Gasteiger charge is -2.28. The molecule has 0 unspecified atom stereocenters. The third-order valence-electron chi connectivity index (χ3n) is 6.33. The van der Waals surface area contributed by atoms with Gasteiger partial charge in [-0.1, -0.05) is 18.2 Å². The molecule has 1 amide bonds. The molecule has 4 heterocycles. The van der Waals surface area contributed by atoms with Crippen molar-refractivity contribution < 1.29 is 4.79 Å². The van der Waals surface area contributed by atoms with E-state index in [-0.39, 0.29) is 11.8 Å². The number of thiophene rings is 1. The number of aromatic nitrogens is 3. The molecule has 7 nitrogen and oxygen atoms in total. The van der Waals surface area contributed by atoms with Gasteiger partial charge in [0, 0.05) is 31.4 Å². The van der Waals surface area contributed by atoms with Crippen molar-refractivity contribution in [3.8, 4) is 10.4 Å². The Morgan fingerprint density at radius 1 is 1.22 bits per heavy atom. The molecule has 1 aliphatic rings. The van der Waals surface area contributed by atoms with E-state index in [1.54, 1.807) is 11.3 Å². The van der Waals surface area contributed by atoms with Crippen molar-refractivity contribution in [2.45, 2.75) is 19.4 Å². The van der Waals surface area contributed by atoms with Gasteiger partial charge in [0.1, 0.15) is 5.52 Å². The number of fused-ring (bicyclic) bond motifs is 3. The van der Waals surface area contributed by atoms with Gasteiger partial charge in [0.25, 0.3) is 0 Å². The lowest BCUT2D eigenvalue weighted by Crippen LogP contribution is -2.38. The third-order valence-corrected chi connectivity index (χ3v) is 7.51. The average Bonchev–Trinajstić information content (AvgIpc) is 3.41. The van der Waals surface area contributed by atoms with Gasteiger partial charge in [-0.2, -0.15) is 0 Å². The highest BCUT2D eigenvalue weighted by Crippen LogP contribution is 2.38. The summed E-state index contributed by atoms with van der Waals surface area (Å²) in [6, 6.07) is 10.6. The molecule has 1 saturated heterocycles. The largest absolute Gasteiger partial charge is 0.371 e. The van der Waals surface area contributed by atoms with Crippen molar-refractivity contribution in [2.75, 3.05) is 32.5 Å². The summed E-state index contributed by atoms with van der Waals surface area (Å²) < 4.78 is 3.19. The van der Waals surface area contributed by atoms with Gasteiger partial charge in [-0.15, -0.1) is 11.3 Å². The first kappa shape index (κ1) is 20.9. The second kappa shape index (κ2) is 8.52. The number of nitrogens with one attached hydrogen (secondary N) is 2. The lowest BCUT2D eigenvalue weighted by molar-refractivity contribution is -0.126. The van der Waals surface area contributed by atoms with Crippen LogP contribution in [0, 0.1) is 5.92 Å². The average molecular weight is 449 g/mol. The van der Waals surface area contributed by atoms with Gasteiger partial charge in [-0.3, -0.25) is 4.79 Å². The highest BCUT2D eigenvalue weighted by molar-refractivity contribution is 7.23. The standard InChI is InChI=1S/C24H28N6OS/c1-25-23-20-21(30(3)14-27-20)22-18(28-23)12-19(32-22)17-6-4-5-15(11-17)13-26-24(31)16-7-9-29(2)10-8-16/h4-6,11-12,14,16H,7-10,13H2,1-3H3,(H,25,28)(H,26,31). The number of pyridine rings is 1. The summed E-state index contributed by atoms with van der Waals surface area (Å²) in [4.78, 5) is 25.3. The predicted octanol–water partition coefficient (Wildman–Crippen LogP) is 3.85. The second-order valence-corrected chi connectivity index (χ2v) is 9.64. The number of benzene rings is 1. The Morgan fingerprint density at radius 2 is 2.03 bits per heavy atom. The number of rotatable bonds is 5. The van der Waals surface area contributed by atoms with E-state index in [2.05, 4.69) is 62.5 Å². The van der Waals surface area contributed by atoms with Gasteiger partial charge in [0.2, 0.25) is 5.91 Å². The summed E-state index contributed by atoms with van der Waals surface area (Å²) in [7, 11) is 6.00. The number of carbonyl (C=O) groups is 1. The molecule has 0 saturated carbocycles. The number of anilines is 1. The normalized spacial score (nSPS) is 15.5. The van der Waals surface area contributed by atoms with Crippen molar-refractivity contribution in [3.63, 3.8) is 0 Å². The number of aryl methyl sites for hydroxylation is 1. The van der Waals surface area contributed by atoms with E-state index < -0.39 is 0 Å². The number of amides is 1. The topological polar surface area (TPSA) is 75.1 Å². The molecular formula is C24H28N6OS. The van der Waals surface area contributed by atoms with Crippen LogP contribution in [0.5, 0.6) is 0 Å². The van der Waals surface area contributed by atoms with Crippen LogP contribution in [-0.2, 0) is 18.4 Å². The Labute approximate surface area is 191 Å². The molecule has 5 rings (SSSR count). The van der Waals surface area contributed by atoms with Crippen LogP contribution in [0.3, 0.4) is 0 Å². The fourth-order valence-corrected chi connectivity index (χ4v) is 5.62. The van der Waals surface area contributed by atoms with Gasteiger partial charge < -0.3 is 20.1 Å². The van der Waals surface area contributed by atoms with Crippen LogP contribution in [0.4, 0.5) is 5.82 Å². The molecule has 0 radical (unpaired) electrons. The molecular weight excluding hydrogens is 420 g/mol. The van der Waals surface area contributed by atoms with Crippen LogP contribution in [0.15, 0.2) is 36.7 Å². The van der Waals surface area contributed by atoms with Crippen LogP contribution in [0.25, 0.3) is 31.7 Å². The zero-order valence-corrected chi connectivity index (χ0v) is 19.5. The van der Waals surface area contributed by atoms with Crippen molar-refractivity contribution in [3.05, 3.63) is 42.2 Å². The molecule has 0 bridgehead atoms. The maximum atomic E-state index is 12.6. The van der Waals surface area contributed by atoms with E-state index in [1.165, 1.54) is 0 Å². The van der Waals surface area contributed by atoms with Gasteiger partial charge in [0.15, 0.2) is 5.82 Å². The summed E-state index contributed by atoms with van der Waals surface area (Å²) in [5.41, 5.74) is 5.20. The van der Waals surface area contributed by atoms with Crippen molar-refractivity contribution in [1.82, 2.24) is 24.8 Å². The van der Waals surface area contributed by atoms with E-state index in [0.29, 0.717) is 6.54 Å². The Kier molecular flexibility index (Phi) is 5.57. The van der Waals surface area contributed by atoms with Crippen molar-refractivity contribution >= 4 is 44.3 Å². The zero-order valence-electron chi connectivity index (χ0n) is 18.7. The summed E-state index contributed by atoms with van der Waals surface area (Å²) in [5, 5.41) is 6.31. The van der Waals surface area contributed by atoms with E-state index in [0.717, 1.165) is 69.0 Å². The molecule has 0 spiro atoms. The number of likely N-dealkylation sites (tertiary alicyclic amines) is 1. The smallest absolute Gasteiger partial charge is 0.223 e. The van der Waals surface area contributed by atoms with E-state index >= 15 is 0 Å². The van der Waals surface area contributed by atoms with Gasteiger partial charge in [0.05, 0.1) is 22.1 Å². The molecule has 4 aromatic rings. The molecule has 1 fully saturated rings. The maximum absolute atomic E-state index is 12.6. The van der Waals surface area contributed by atoms with Crippen molar-refractivity contribution in [2.24, 2.45) is 13.0 Å². The SMILES string of the molecule is CNc1nc2cc(-c3cccc(CNC(=O)C4CCN(C)CC4)c3)sc2c2c1ncn2C. The minimum Gasteiger partial charge on any atom is -0.371 e. The van der Waals surface area contributed by atoms with E-state index in [9.17, 15) is 4.79 Å². The van der Waals surface area contributed by atoms with E-state index in [4.69, 9.17) is 4.98 Å². The number of hydrogen-bond acceptors (Lipinski definition) is 6. The van der Waals surface area contributed by atoms with Crippen LogP contribution in [0.1, 0.15) is 18.4 Å². The van der Waals surface area contributed by atoms with Gasteiger partial charge in [-0.05, 0) is 56.2 Å². The number of imidazole rings is 1. The number of hydrogen-bond donors (Lipinski definition) is 2. The summed E-state index contributed by atoms with van der Waals surface area (Å²) >= 11 is 1.73. The maximum Gasteiger partial charge on any atom is 0.223 e. The molecule has 8 heteroatoms. The Morgan fingerprint density at radius 3 is 2.81 bits per heavy atom. The number of piperidine rings is 1. The molecule has 1 aromatic carbocycles. The molecule has 3 aromatic heterocycles. The number of carbonyl (C=O) groups excluding carboxylic acids is 1. The predicted molar refractivity (Wildman–Crippen MR) is 131 cm³/mol. The van der Waals surface area contributed by atoms with Gasteiger partial charge in [-0.25, -0.2) is 9.97 Å². The van der Waals surface area contributed by atoms with Crippen LogP contribution >= 0.6 is 11.3 Å². The Balaban J connectivity index is 1.39. The van der Waals surface area contributed by atoms with Crippen molar-refractivity contribution in [1.29, 1.82) is 0 Å². The molecule has 1 aliphatic heterocycles. The van der Waals surface area contributed by atoms with Crippen LogP contribution < -0.4 is 10.6 Å². The fourth-order valence-electron chi connectivity index (χ4n) is 4.43. The minimum absolute atomic E-state index is 0.130. The Bertz CT molecular complexity index is 1280. The summed E-state index contributed by atoms with van der Waals surface area (Å²) in [6.45, 7) is 2.54. The molecule has 0 atom stereocenters. The van der Waals surface area contributed by atoms with Gasteiger partial charge >= 0.3 is 0 Å². The monoisotopic (exact) mass is 448 g/mol. The highest BCUT2D eigenvalue weighted by Gasteiger charge is 2.23. The van der Waals surface area contributed by atoms with Crippen LogP contribution in [-0.4, -0.2) is 52.5 Å². The third kappa shape index (κ3) is 3.84.